The van der Waals surface area contributed by atoms with Gasteiger partial charge in [-0.25, -0.2) is 0 Å². The molecular weight excluding hydrogens is 188 g/mol. The Kier molecular flexibility index (Phi) is 2.68. The van der Waals surface area contributed by atoms with Crippen molar-refractivity contribution in [2.75, 3.05) is 0 Å². The monoisotopic (exact) mass is 206 g/mol. The van der Waals surface area contributed by atoms with Gasteiger partial charge in [0.05, 0.1) is 0 Å². The molecule has 1 aliphatic rings. The van der Waals surface area contributed by atoms with Crippen molar-refractivity contribution in [3.63, 3.8) is 0 Å². The number of furan rings is 1. The molecule has 2 rings (SSSR count). The number of hydrogen-bond acceptors (Lipinski definition) is 2. The zero-order chi connectivity index (χ0) is 10.9. The van der Waals surface area contributed by atoms with Gasteiger partial charge in [0, 0.05) is 5.41 Å². The van der Waals surface area contributed by atoms with Crippen molar-refractivity contribution in [3.8, 4) is 0 Å². The lowest BCUT2D eigenvalue weighted by Crippen LogP contribution is -2.26. The molecule has 15 heavy (non-hydrogen) atoms. The Morgan fingerprint density at radius 1 is 1.40 bits per heavy atom. The van der Waals surface area contributed by atoms with E-state index in [2.05, 4.69) is 6.92 Å². The first-order chi connectivity index (χ1) is 7.18. The SMILES string of the molecule is CCC1(C(=O)c2ccc(C)o2)CCCC1. The fourth-order valence-electron chi connectivity index (χ4n) is 2.61. The lowest BCUT2D eigenvalue weighted by molar-refractivity contribution is 0.0759. The molecule has 82 valence electrons. The molecular formula is C13H18O2. The van der Waals surface area contributed by atoms with Crippen molar-refractivity contribution < 1.29 is 9.21 Å². The van der Waals surface area contributed by atoms with Gasteiger partial charge in [0.25, 0.3) is 0 Å². The third-order valence-electron chi connectivity index (χ3n) is 3.68. The summed E-state index contributed by atoms with van der Waals surface area (Å²) in [5.41, 5.74) is -0.121. The van der Waals surface area contributed by atoms with Crippen molar-refractivity contribution in [2.24, 2.45) is 5.41 Å². The minimum atomic E-state index is -0.121. The number of Topliss-reactive ketones (excluding diaryl/α,β-unsaturated/α-hetero) is 1. The summed E-state index contributed by atoms with van der Waals surface area (Å²) in [6.45, 7) is 3.99. The molecule has 1 heterocycles. The lowest BCUT2D eigenvalue weighted by atomic mass is 9.78. The zero-order valence-corrected chi connectivity index (χ0v) is 9.51. The Hall–Kier alpha value is -1.05. The molecule has 2 heteroatoms. The maximum absolute atomic E-state index is 12.3. The Morgan fingerprint density at radius 2 is 2.07 bits per heavy atom. The van der Waals surface area contributed by atoms with E-state index in [9.17, 15) is 4.79 Å². The van der Waals surface area contributed by atoms with Crippen LogP contribution < -0.4 is 0 Å². The number of carbonyl (C=O) groups excluding carboxylic acids is 1. The second-order valence-corrected chi connectivity index (χ2v) is 4.58. The van der Waals surface area contributed by atoms with Crippen LogP contribution in [0, 0.1) is 12.3 Å². The van der Waals surface area contributed by atoms with Crippen LogP contribution in [0.5, 0.6) is 0 Å². The highest BCUT2D eigenvalue weighted by atomic mass is 16.3. The van der Waals surface area contributed by atoms with Crippen molar-refractivity contribution in [1.82, 2.24) is 0 Å². The van der Waals surface area contributed by atoms with Gasteiger partial charge in [-0.3, -0.25) is 4.79 Å². The third-order valence-corrected chi connectivity index (χ3v) is 3.68. The van der Waals surface area contributed by atoms with Crippen LogP contribution in [0.15, 0.2) is 16.5 Å². The summed E-state index contributed by atoms with van der Waals surface area (Å²) in [7, 11) is 0. The average molecular weight is 206 g/mol. The summed E-state index contributed by atoms with van der Waals surface area (Å²) in [5.74, 6) is 1.59. The highest BCUT2D eigenvalue weighted by molar-refractivity contribution is 5.98. The molecule has 0 spiro atoms. The van der Waals surface area contributed by atoms with E-state index >= 15 is 0 Å². The molecule has 0 unspecified atom stereocenters. The predicted molar refractivity (Wildman–Crippen MR) is 59.0 cm³/mol. The third kappa shape index (κ3) is 1.73. The molecule has 0 atom stereocenters. The van der Waals surface area contributed by atoms with Crippen LogP contribution >= 0.6 is 0 Å². The molecule has 0 amide bonds. The molecule has 0 saturated heterocycles. The van der Waals surface area contributed by atoms with Gasteiger partial charge in [-0.15, -0.1) is 0 Å². The van der Waals surface area contributed by atoms with Gasteiger partial charge in [-0.1, -0.05) is 19.8 Å². The molecule has 0 radical (unpaired) electrons. The fraction of sp³-hybridized carbons (Fsp3) is 0.615. The van der Waals surface area contributed by atoms with Crippen molar-refractivity contribution in [3.05, 3.63) is 23.7 Å². The van der Waals surface area contributed by atoms with Gasteiger partial charge in [0.15, 0.2) is 5.76 Å². The molecule has 0 aliphatic heterocycles. The summed E-state index contributed by atoms with van der Waals surface area (Å²) in [4.78, 5) is 12.3. The summed E-state index contributed by atoms with van der Waals surface area (Å²) >= 11 is 0. The standard InChI is InChI=1S/C13H18O2/c1-3-13(8-4-5-9-13)12(14)11-7-6-10(2)15-11/h6-7H,3-5,8-9H2,1-2H3. The predicted octanol–water partition coefficient (Wildman–Crippen LogP) is 3.74. The molecule has 1 aromatic heterocycles. The Balaban J connectivity index is 2.26. The van der Waals surface area contributed by atoms with Gasteiger partial charge in [0.2, 0.25) is 5.78 Å². The van der Waals surface area contributed by atoms with Crippen LogP contribution in [-0.4, -0.2) is 5.78 Å². The summed E-state index contributed by atoms with van der Waals surface area (Å²) < 4.78 is 5.44. The molecule has 1 aromatic rings. The van der Waals surface area contributed by atoms with Gasteiger partial charge in [-0.05, 0) is 38.3 Å². The van der Waals surface area contributed by atoms with Crippen LogP contribution in [0.3, 0.4) is 0 Å². The van der Waals surface area contributed by atoms with E-state index in [1.54, 1.807) is 0 Å². The number of rotatable bonds is 3. The Morgan fingerprint density at radius 3 is 2.53 bits per heavy atom. The van der Waals surface area contributed by atoms with Crippen LogP contribution in [0.25, 0.3) is 0 Å². The minimum Gasteiger partial charge on any atom is -0.458 e. The first-order valence-corrected chi connectivity index (χ1v) is 5.79. The fourth-order valence-corrected chi connectivity index (χ4v) is 2.61. The van der Waals surface area contributed by atoms with Gasteiger partial charge in [0.1, 0.15) is 5.76 Å². The van der Waals surface area contributed by atoms with Crippen molar-refractivity contribution in [1.29, 1.82) is 0 Å². The van der Waals surface area contributed by atoms with E-state index in [0.29, 0.717) is 5.76 Å². The second-order valence-electron chi connectivity index (χ2n) is 4.58. The largest absolute Gasteiger partial charge is 0.458 e. The zero-order valence-electron chi connectivity index (χ0n) is 9.51. The normalized spacial score (nSPS) is 19.3. The first-order valence-electron chi connectivity index (χ1n) is 5.79. The van der Waals surface area contributed by atoms with E-state index in [4.69, 9.17) is 4.42 Å². The Bertz CT molecular complexity index is 356. The second kappa shape index (κ2) is 3.84. The smallest absolute Gasteiger partial charge is 0.204 e. The summed E-state index contributed by atoms with van der Waals surface area (Å²) in [6.07, 6.45) is 5.36. The lowest BCUT2D eigenvalue weighted by Gasteiger charge is -2.24. The molecule has 1 fully saturated rings. The van der Waals surface area contributed by atoms with Crippen molar-refractivity contribution in [2.45, 2.75) is 46.0 Å². The van der Waals surface area contributed by atoms with Crippen LogP contribution in [0.2, 0.25) is 0 Å². The van der Waals surface area contributed by atoms with Crippen LogP contribution in [-0.2, 0) is 0 Å². The van der Waals surface area contributed by atoms with E-state index < -0.39 is 0 Å². The number of carbonyl (C=O) groups is 1. The van der Waals surface area contributed by atoms with Gasteiger partial charge >= 0.3 is 0 Å². The number of ketones is 1. The molecule has 2 nitrogen and oxygen atoms in total. The first kappa shape index (κ1) is 10.5. The van der Waals surface area contributed by atoms with E-state index in [1.807, 2.05) is 19.1 Å². The van der Waals surface area contributed by atoms with Crippen LogP contribution in [0.4, 0.5) is 0 Å². The van der Waals surface area contributed by atoms with E-state index in [1.165, 1.54) is 12.8 Å². The molecule has 1 aliphatic carbocycles. The quantitative estimate of drug-likeness (QED) is 0.705. The molecule has 1 saturated carbocycles. The van der Waals surface area contributed by atoms with Crippen molar-refractivity contribution >= 4 is 5.78 Å². The highest BCUT2D eigenvalue weighted by Gasteiger charge is 2.40. The van der Waals surface area contributed by atoms with E-state index in [-0.39, 0.29) is 11.2 Å². The molecule has 0 N–H and O–H groups in total. The Labute approximate surface area is 90.7 Å². The number of aryl methyl sites for hydroxylation is 1. The molecule has 0 bridgehead atoms. The maximum Gasteiger partial charge on any atom is 0.204 e. The average Bonchev–Trinajstić information content (AvgIpc) is 2.86. The topological polar surface area (TPSA) is 30.2 Å². The maximum atomic E-state index is 12.3. The molecule has 0 aromatic carbocycles. The van der Waals surface area contributed by atoms with Gasteiger partial charge < -0.3 is 4.42 Å². The van der Waals surface area contributed by atoms with Gasteiger partial charge in [-0.2, -0.15) is 0 Å². The summed E-state index contributed by atoms with van der Waals surface area (Å²) in [5, 5.41) is 0. The number of hydrogen-bond donors (Lipinski definition) is 0. The van der Waals surface area contributed by atoms with Crippen LogP contribution in [0.1, 0.15) is 55.3 Å². The highest BCUT2D eigenvalue weighted by Crippen LogP contribution is 2.43. The van der Waals surface area contributed by atoms with E-state index in [0.717, 1.165) is 25.0 Å². The summed E-state index contributed by atoms with van der Waals surface area (Å²) in [6, 6.07) is 3.68. The minimum absolute atomic E-state index is 0.121.